The number of benzene rings is 1. The lowest BCUT2D eigenvalue weighted by molar-refractivity contribution is 0.403. The van der Waals surface area contributed by atoms with Gasteiger partial charge in [0.2, 0.25) is 0 Å². The van der Waals surface area contributed by atoms with Crippen LogP contribution in [0.25, 0.3) is 0 Å². The van der Waals surface area contributed by atoms with Crippen LogP contribution < -0.4 is 10.2 Å². The molecule has 0 unspecified atom stereocenters. The molecule has 0 spiro atoms. The minimum Gasteiger partial charge on any atom is -0.366 e. The van der Waals surface area contributed by atoms with E-state index in [0.717, 1.165) is 25.2 Å². The Kier molecular flexibility index (Phi) is 2.74. The molecule has 1 aromatic carbocycles. The molecule has 2 atom stereocenters. The molecule has 1 saturated carbocycles. The van der Waals surface area contributed by atoms with Crippen molar-refractivity contribution in [1.82, 2.24) is 5.32 Å². The number of piperazine rings is 1. The van der Waals surface area contributed by atoms with E-state index in [4.69, 9.17) is 0 Å². The third-order valence-electron chi connectivity index (χ3n) is 3.87. The van der Waals surface area contributed by atoms with E-state index >= 15 is 0 Å². The summed E-state index contributed by atoms with van der Waals surface area (Å²) in [6.45, 7) is 1.78. The molecule has 1 heterocycles. The van der Waals surface area contributed by atoms with Gasteiger partial charge in [-0.05, 0) is 31.4 Å². The zero-order valence-electron chi connectivity index (χ0n) is 9.63. The van der Waals surface area contributed by atoms with Gasteiger partial charge in [-0.3, -0.25) is 0 Å². The molecule has 3 rings (SSSR count). The molecule has 1 saturated heterocycles. The fourth-order valence-electron chi connectivity index (χ4n) is 3.07. The molecule has 92 valence electrons. The van der Waals surface area contributed by atoms with Gasteiger partial charge in [0.15, 0.2) is 11.6 Å². The van der Waals surface area contributed by atoms with E-state index in [2.05, 4.69) is 10.2 Å². The average Bonchev–Trinajstić information content (AvgIpc) is 2.80. The third kappa shape index (κ3) is 1.90. The molecule has 17 heavy (non-hydrogen) atoms. The molecule has 2 fully saturated rings. The molecule has 0 bridgehead atoms. The molecule has 0 aromatic heterocycles. The molecule has 1 N–H and O–H groups in total. The topological polar surface area (TPSA) is 15.3 Å². The maximum atomic E-state index is 13.3. The number of nitrogens with one attached hydrogen (secondary N) is 1. The standard InChI is InChI=1S/C13H16F2N2/c14-10-5-4-9(8-11(10)15)17-7-6-16-12-2-1-3-13(12)17/h4-5,8,12-13,16H,1-3,6-7H2/t12-,13-/m0/s1. The van der Waals surface area contributed by atoms with Gasteiger partial charge >= 0.3 is 0 Å². The van der Waals surface area contributed by atoms with Gasteiger partial charge in [0.05, 0.1) is 0 Å². The molecular formula is C13H16F2N2. The van der Waals surface area contributed by atoms with Gasteiger partial charge in [0.25, 0.3) is 0 Å². The van der Waals surface area contributed by atoms with E-state index < -0.39 is 11.6 Å². The number of anilines is 1. The Morgan fingerprint density at radius 2 is 2.06 bits per heavy atom. The van der Waals surface area contributed by atoms with Crippen molar-refractivity contribution in [3.05, 3.63) is 29.8 Å². The Balaban J connectivity index is 1.89. The van der Waals surface area contributed by atoms with Gasteiger partial charge < -0.3 is 10.2 Å². The number of rotatable bonds is 1. The Morgan fingerprint density at radius 1 is 1.18 bits per heavy atom. The summed E-state index contributed by atoms with van der Waals surface area (Å²) in [5, 5.41) is 3.50. The van der Waals surface area contributed by atoms with Crippen molar-refractivity contribution in [2.75, 3.05) is 18.0 Å². The number of nitrogens with zero attached hydrogens (tertiary/aromatic N) is 1. The van der Waals surface area contributed by atoms with E-state index in [1.54, 1.807) is 6.07 Å². The average molecular weight is 238 g/mol. The Hall–Kier alpha value is -1.16. The first-order valence-corrected chi connectivity index (χ1v) is 6.21. The highest BCUT2D eigenvalue weighted by atomic mass is 19.2. The predicted molar refractivity (Wildman–Crippen MR) is 63.1 cm³/mol. The van der Waals surface area contributed by atoms with Gasteiger partial charge in [-0.1, -0.05) is 0 Å². The van der Waals surface area contributed by atoms with Crippen molar-refractivity contribution >= 4 is 5.69 Å². The molecule has 0 radical (unpaired) electrons. The van der Waals surface area contributed by atoms with E-state index in [1.807, 2.05) is 0 Å². The van der Waals surface area contributed by atoms with Gasteiger partial charge in [-0.2, -0.15) is 0 Å². The molecule has 4 heteroatoms. The number of hydrogen-bond acceptors (Lipinski definition) is 2. The van der Waals surface area contributed by atoms with Crippen LogP contribution in [-0.2, 0) is 0 Å². The Bertz CT molecular complexity index is 422. The summed E-state index contributed by atoms with van der Waals surface area (Å²) >= 11 is 0. The zero-order chi connectivity index (χ0) is 11.8. The van der Waals surface area contributed by atoms with Gasteiger partial charge in [0.1, 0.15) is 0 Å². The van der Waals surface area contributed by atoms with Gasteiger partial charge in [0, 0.05) is 36.9 Å². The first kappa shape index (κ1) is 11.0. The summed E-state index contributed by atoms with van der Waals surface area (Å²) in [4.78, 5) is 2.22. The summed E-state index contributed by atoms with van der Waals surface area (Å²) < 4.78 is 26.2. The lowest BCUT2D eigenvalue weighted by Gasteiger charge is -2.40. The highest BCUT2D eigenvalue weighted by Crippen LogP contribution is 2.31. The number of fused-ring (bicyclic) bond motifs is 1. The highest BCUT2D eigenvalue weighted by Gasteiger charge is 2.35. The highest BCUT2D eigenvalue weighted by molar-refractivity contribution is 5.49. The van der Waals surface area contributed by atoms with Crippen molar-refractivity contribution in [2.24, 2.45) is 0 Å². The third-order valence-corrected chi connectivity index (χ3v) is 3.87. The molecule has 1 aliphatic carbocycles. The van der Waals surface area contributed by atoms with Crippen molar-refractivity contribution in [1.29, 1.82) is 0 Å². The van der Waals surface area contributed by atoms with Crippen LogP contribution in [0.5, 0.6) is 0 Å². The van der Waals surface area contributed by atoms with E-state index in [1.165, 1.54) is 25.0 Å². The lowest BCUT2D eigenvalue weighted by Crippen LogP contribution is -2.55. The molecule has 0 amide bonds. The fourth-order valence-corrected chi connectivity index (χ4v) is 3.07. The van der Waals surface area contributed by atoms with Crippen LogP contribution in [0.3, 0.4) is 0 Å². The second-order valence-corrected chi connectivity index (χ2v) is 4.85. The maximum absolute atomic E-state index is 13.3. The molecule has 1 aliphatic heterocycles. The van der Waals surface area contributed by atoms with Crippen LogP contribution >= 0.6 is 0 Å². The van der Waals surface area contributed by atoms with Crippen LogP contribution in [-0.4, -0.2) is 25.2 Å². The van der Waals surface area contributed by atoms with E-state index in [0.29, 0.717) is 12.1 Å². The Labute approximate surface area is 99.6 Å². The normalized spacial score (nSPS) is 28.2. The number of hydrogen-bond donors (Lipinski definition) is 1. The first-order chi connectivity index (χ1) is 8.25. The quantitative estimate of drug-likeness (QED) is 0.807. The van der Waals surface area contributed by atoms with Gasteiger partial charge in [-0.25, -0.2) is 8.78 Å². The molecule has 2 aliphatic rings. The van der Waals surface area contributed by atoms with Crippen molar-refractivity contribution in [3.63, 3.8) is 0 Å². The second-order valence-electron chi connectivity index (χ2n) is 4.85. The van der Waals surface area contributed by atoms with E-state index in [-0.39, 0.29) is 0 Å². The molecule has 2 nitrogen and oxygen atoms in total. The maximum Gasteiger partial charge on any atom is 0.160 e. The van der Waals surface area contributed by atoms with Crippen LogP contribution in [0.4, 0.5) is 14.5 Å². The van der Waals surface area contributed by atoms with Crippen LogP contribution in [0.2, 0.25) is 0 Å². The van der Waals surface area contributed by atoms with Crippen LogP contribution in [0.1, 0.15) is 19.3 Å². The van der Waals surface area contributed by atoms with Crippen LogP contribution in [0.15, 0.2) is 18.2 Å². The fraction of sp³-hybridized carbons (Fsp3) is 0.538. The lowest BCUT2D eigenvalue weighted by atomic mass is 10.1. The van der Waals surface area contributed by atoms with Crippen molar-refractivity contribution in [2.45, 2.75) is 31.3 Å². The summed E-state index contributed by atoms with van der Waals surface area (Å²) in [6.07, 6.45) is 3.53. The van der Waals surface area contributed by atoms with E-state index in [9.17, 15) is 8.78 Å². The summed E-state index contributed by atoms with van der Waals surface area (Å²) in [6, 6.07) is 5.16. The van der Waals surface area contributed by atoms with Crippen LogP contribution in [0, 0.1) is 11.6 Å². The summed E-state index contributed by atoms with van der Waals surface area (Å²) in [5.41, 5.74) is 0.808. The first-order valence-electron chi connectivity index (χ1n) is 6.21. The minimum absolute atomic E-state index is 0.439. The monoisotopic (exact) mass is 238 g/mol. The Morgan fingerprint density at radius 3 is 2.88 bits per heavy atom. The molecule has 1 aromatic rings. The zero-order valence-corrected chi connectivity index (χ0v) is 9.63. The SMILES string of the molecule is Fc1ccc(N2CCN[C@H]3CCC[C@@H]32)cc1F. The minimum atomic E-state index is -0.771. The molecular weight excluding hydrogens is 222 g/mol. The summed E-state index contributed by atoms with van der Waals surface area (Å²) in [5.74, 6) is -1.53. The van der Waals surface area contributed by atoms with Gasteiger partial charge in [-0.15, -0.1) is 0 Å². The largest absolute Gasteiger partial charge is 0.366 e. The predicted octanol–water partition coefficient (Wildman–Crippen LogP) is 2.30. The second kappa shape index (κ2) is 4.26. The number of halogens is 2. The summed E-state index contributed by atoms with van der Waals surface area (Å²) in [7, 11) is 0. The van der Waals surface area contributed by atoms with Crippen molar-refractivity contribution < 1.29 is 8.78 Å². The smallest absolute Gasteiger partial charge is 0.160 e. The van der Waals surface area contributed by atoms with Crippen molar-refractivity contribution in [3.8, 4) is 0 Å².